The molecule has 0 saturated carbocycles. The van der Waals surface area contributed by atoms with Crippen LogP contribution in [0, 0.1) is 22.8 Å². The number of hydrogen-bond acceptors (Lipinski definition) is 6. The largest absolute Gasteiger partial charge is 0.335 e. The van der Waals surface area contributed by atoms with Gasteiger partial charge in [-0.15, -0.1) is 0 Å². The highest BCUT2D eigenvalue weighted by Gasteiger charge is 2.44. The number of benzene rings is 1. The zero-order valence-corrected chi connectivity index (χ0v) is 13.6. The van der Waals surface area contributed by atoms with Crippen molar-refractivity contribution in [2.45, 2.75) is 5.85 Å². The van der Waals surface area contributed by atoms with E-state index in [2.05, 4.69) is 16.4 Å². The number of amides is 1. The molecular formula is C18H14FN5O2. The smallest absolute Gasteiger partial charge is 0.307 e. The van der Waals surface area contributed by atoms with E-state index in [-0.39, 0.29) is 19.0 Å². The molecule has 7 nitrogen and oxygen atoms in total. The van der Waals surface area contributed by atoms with Crippen molar-refractivity contribution < 1.29 is 13.9 Å². The van der Waals surface area contributed by atoms with E-state index in [1.54, 1.807) is 30.3 Å². The van der Waals surface area contributed by atoms with E-state index in [0.717, 1.165) is 10.5 Å². The van der Waals surface area contributed by atoms with Gasteiger partial charge < -0.3 is 15.0 Å². The third-order valence-electron chi connectivity index (χ3n) is 3.89. The molecule has 8 heteroatoms. The molecule has 1 aromatic carbocycles. The number of rotatable bonds is 3. The van der Waals surface area contributed by atoms with Gasteiger partial charge in [0.2, 0.25) is 0 Å². The van der Waals surface area contributed by atoms with E-state index < -0.39 is 18.3 Å². The third-order valence-corrected chi connectivity index (χ3v) is 3.89. The summed E-state index contributed by atoms with van der Waals surface area (Å²) < 4.78 is 19.7. The molecule has 1 fully saturated rings. The van der Waals surface area contributed by atoms with Crippen molar-refractivity contribution in [1.29, 1.82) is 10.5 Å². The van der Waals surface area contributed by atoms with Gasteiger partial charge >= 0.3 is 5.85 Å². The molecule has 1 atom stereocenters. The molecule has 0 spiro atoms. The Morgan fingerprint density at radius 2 is 2.12 bits per heavy atom. The Morgan fingerprint density at radius 1 is 1.31 bits per heavy atom. The summed E-state index contributed by atoms with van der Waals surface area (Å²) in [5, 5.41) is 20.3. The maximum atomic E-state index is 14.7. The van der Waals surface area contributed by atoms with Crippen LogP contribution >= 0.6 is 0 Å². The normalized spacial score (nSPS) is 19.3. The molecule has 26 heavy (non-hydrogen) atoms. The van der Waals surface area contributed by atoms with Gasteiger partial charge in [-0.25, -0.2) is 4.98 Å². The van der Waals surface area contributed by atoms with Gasteiger partial charge in [-0.3, -0.25) is 4.79 Å². The molecule has 1 aliphatic heterocycles. The van der Waals surface area contributed by atoms with Crippen LogP contribution in [0.15, 0.2) is 42.6 Å². The second kappa shape index (κ2) is 7.18. The number of pyridine rings is 1. The number of nitriles is 2. The van der Waals surface area contributed by atoms with Crippen molar-refractivity contribution in [2.24, 2.45) is 0 Å². The topological polar surface area (TPSA) is 102 Å². The number of halogens is 1. The Hall–Kier alpha value is -3.49. The minimum atomic E-state index is -2.62. The lowest BCUT2D eigenvalue weighted by Crippen LogP contribution is -2.54. The van der Waals surface area contributed by atoms with Crippen molar-refractivity contribution in [3.05, 3.63) is 48.2 Å². The number of hydrogen-bond donors (Lipinski definition) is 1. The number of carbonyl (C=O) groups excluding carboxylic acids is 1. The Labute approximate surface area is 149 Å². The Morgan fingerprint density at radius 3 is 2.88 bits per heavy atom. The first-order valence-corrected chi connectivity index (χ1v) is 7.80. The zero-order chi connectivity index (χ0) is 18.6. The van der Waals surface area contributed by atoms with Gasteiger partial charge in [-0.05, 0) is 35.4 Å². The summed E-state index contributed by atoms with van der Waals surface area (Å²) in [6.45, 7) is -0.302. The number of carbonyl (C=O) groups is 1. The fourth-order valence-corrected chi connectivity index (χ4v) is 2.57. The van der Waals surface area contributed by atoms with Gasteiger partial charge in [0.25, 0.3) is 5.91 Å². The van der Waals surface area contributed by atoms with Crippen molar-refractivity contribution in [3.8, 4) is 23.4 Å². The third kappa shape index (κ3) is 3.61. The molecule has 0 unspecified atom stereocenters. The van der Waals surface area contributed by atoms with Gasteiger partial charge in [0, 0.05) is 6.20 Å². The molecule has 2 aromatic rings. The van der Waals surface area contributed by atoms with Crippen LogP contribution in [0.3, 0.4) is 0 Å². The average Bonchev–Trinajstić information content (AvgIpc) is 2.68. The number of morpholine rings is 1. The van der Waals surface area contributed by atoms with E-state index in [4.69, 9.17) is 15.3 Å². The fourth-order valence-electron chi connectivity index (χ4n) is 2.57. The maximum absolute atomic E-state index is 14.7. The van der Waals surface area contributed by atoms with Crippen molar-refractivity contribution in [2.75, 3.05) is 25.0 Å². The predicted molar refractivity (Wildman–Crippen MR) is 90.0 cm³/mol. The van der Waals surface area contributed by atoms with E-state index in [9.17, 15) is 9.18 Å². The van der Waals surface area contributed by atoms with Crippen molar-refractivity contribution in [1.82, 2.24) is 9.88 Å². The molecular weight excluding hydrogens is 337 g/mol. The first-order chi connectivity index (χ1) is 12.5. The molecule has 130 valence electrons. The summed E-state index contributed by atoms with van der Waals surface area (Å²) >= 11 is 0. The molecule has 1 amide bonds. The van der Waals surface area contributed by atoms with Gasteiger partial charge in [0.1, 0.15) is 5.82 Å². The highest BCUT2D eigenvalue weighted by molar-refractivity contribution is 5.96. The van der Waals surface area contributed by atoms with Crippen LogP contribution in [0.25, 0.3) is 11.1 Å². The standard InChI is InChI=1S/C18H14FN5O2/c19-18(11-24(12-21)6-7-26-18)17(25)23-16-9-15(4-5-22-16)14-3-1-2-13(8-14)10-20/h1-5,8-9H,6-7,11H2,(H,22,23,25)/t18-/m0/s1. The van der Waals surface area contributed by atoms with Crippen LogP contribution in [0.5, 0.6) is 0 Å². The predicted octanol–water partition coefficient (Wildman–Crippen LogP) is 2.04. The van der Waals surface area contributed by atoms with Crippen LogP contribution in [0.1, 0.15) is 5.56 Å². The van der Waals surface area contributed by atoms with E-state index in [1.807, 2.05) is 12.3 Å². The zero-order valence-electron chi connectivity index (χ0n) is 13.6. The number of alkyl halides is 1. The Balaban J connectivity index is 1.79. The SMILES string of the molecule is N#Cc1cccc(-c2ccnc(NC(=O)[C@]3(F)CN(C#N)CCO3)c2)c1. The summed E-state index contributed by atoms with van der Waals surface area (Å²) in [5.74, 6) is -3.50. The first-order valence-electron chi connectivity index (χ1n) is 7.80. The monoisotopic (exact) mass is 351 g/mol. The average molecular weight is 351 g/mol. The van der Waals surface area contributed by atoms with Crippen LogP contribution in [0.2, 0.25) is 0 Å². The first kappa shape index (κ1) is 17.3. The molecule has 0 aliphatic carbocycles. The van der Waals surface area contributed by atoms with Crippen LogP contribution < -0.4 is 5.32 Å². The summed E-state index contributed by atoms with van der Waals surface area (Å²) in [5.41, 5.74) is 1.98. The molecule has 0 radical (unpaired) electrons. The summed E-state index contributed by atoms with van der Waals surface area (Å²) in [7, 11) is 0. The number of nitrogens with one attached hydrogen (secondary N) is 1. The van der Waals surface area contributed by atoms with Gasteiger partial charge in [0.15, 0.2) is 6.19 Å². The molecule has 1 N–H and O–H groups in total. The lowest BCUT2D eigenvalue weighted by atomic mass is 10.0. The number of nitrogens with zero attached hydrogens (tertiary/aromatic N) is 4. The van der Waals surface area contributed by atoms with Gasteiger partial charge in [0.05, 0.1) is 31.3 Å². The van der Waals surface area contributed by atoms with Gasteiger partial charge in [-0.1, -0.05) is 12.1 Å². The maximum Gasteiger partial charge on any atom is 0.307 e. The number of ether oxygens (including phenoxy) is 1. The van der Waals surface area contributed by atoms with Gasteiger partial charge in [-0.2, -0.15) is 14.9 Å². The summed E-state index contributed by atoms with van der Waals surface area (Å²) in [6, 6.07) is 12.3. The summed E-state index contributed by atoms with van der Waals surface area (Å²) in [4.78, 5) is 17.4. The van der Waals surface area contributed by atoms with Crippen molar-refractivity contribution >= 4 is 11.7 Å². The molecule has 0 bridgehead atoms. The quantitative estimate of drug-likeness (QED) is 0.849. The second-order valence-electron chi connectivity index (χ2n) is 5.67. The molecule has 3 rings (SSSR count). The van der Waals surface area contributed by atoms with Crippen molar-refractivity contribution in [3.63, 3.8) is 0 Å². The van der Waals surface area contributed by atoms with Crippen LogP contribution in [0.4, 0.5) is 10.2 Å². The lowest BCUT2D eigenvalue weighted by molar-refractivity contribution is -0.188. The second-order valence-corrected chi connectivity index (χ2v) is 5.67. The lowest BCUT2D eigenvalue weighted by Gasteiger charge is -2.32. The minimum absolute atomic E-state index is 0.0636. The molecule has 1 aromatic heterocycles. The van der Waals surface area contributed by atoms with E-state index in [1.165, 1.54) is 6.20 Å². The van der Waals surface area contributed by atoms with E-state index >= 15 is 0 Å². The van der Waals surface area contributed by atoms with Crippen LogP contribution in [-0.4, -0.2) is 41.3 Å². The molecule has 1 saturated heterocycles. The summed E-state index contributed by atoms with van der Waals surface area (Å²) in [6.07, 6.45) is 3.28. The molecule has 1 aliphatic rings. The van der Waals surface area contributed by atoms with E-state index in [0.29, 0.717) is 11.1 Å². The Bertz CT molecular complexity index is 920. The fraction of sp³-hybridized carbons (Fsp3) is 0.222. The number of aromatic nitrogens is 1. The highest BCUT2D eigenvalue weighted by Crippen LogP contribution is 2.24. The molecule has 2 heterocycles. The minimum Gasteiger partial charge on any atom is -0.335 e. The van der Waals surface area contributed by atoms with Crippen LogP contribution in [-0.2, 0) is 9.53 Å². The number of anilines is 1. The Kier molecular flexibility index (Phi) is 4.78. The highest BCUT2D eigenvalue weighted by atomic mass is 19.2.